The molecule has 0 bridgehead atoms. The van der Waals surface area contributed by atoms with Gasteiger partial charge >= 0.3 is 0 Å². The zero-order valence-electron chi connectivity index (χ0n) is 9.99. The predicted molar refractivity (Wildman–Crippen MR) is 70.8 cm³/mol. The normalized spacial score (nSPS) is 17.3. The number of rotatable bonds is 3. The van der Waals surface area contributed by atoms with E-state index >= 15 is 0 Å². The maximum absolute atomic E-state index is 10.6. The van der Waals surface area contributed by atoms with Crippen LogP contribution in [0.1, 0.15) is 24.8 Å². The van der Waals surface area contributed by atoms with Crippen LogP contribution in [0, 0.1) is 10.1 Å². The molecule has 0 spiro atoms. The Hall–Kier alpha value is -1.62. The highest BCUT2D eigenvalue weighted by Gasteiger charge is 2.17. The van der Waals surface area contributed by atoms with Gasteiger partial charge in [-0.3, -0.25) is 15.1 Å². The summed E-state index contributed by atoms with van der Waals surface area (Å²) in [4.78, 5) is 16.3. The first kappa shape index (κ1) is 14.4. The average molecular weight is 270 g/mol. The molecule has 0 atom stereocenters. The van der Waals surface area contributed by atoms with E-state index in [9.17, 15) is 10.1 Å². The van der Waals surface area contributed by atoms with Crippen molar-refractivity contribution >= 4 is 12.4 Å². The lowest BCUT2D eigenvalue weighted by Gasteiger charge is -2.29. The first-order chi connectivity index (χ1) is 8.25. The van der Waals surface area contributed by atoms with Crippen LogP contribution >= 0.6 is 12.4 Å². The van der Waals surface area contributed by atoms with Crippen molar-refractivity contribution in [3.05, 3.63) is 52.1 Å². The molecule has 1 fully saturated rings. The molecule has 0 radical (unpaired) electrons. The van der Waals surface area contributed by atoms with Gasteiger partial charge in [0.05, 0.1) is 10.6 Å². The Morgan fingerprint density at radius 1 is 1.50 bits per heavy atom. The van der Waals surface area contributed by atoms with E-state index in [1.165, 1.54) is 0 Å². The lowest BCUT2D eigenvalue weighted by atomic mass is 10.1. The fraction of sp³-hybridized carbons (Fsp3) is 0.417. The topological polar surface area (TPSA) is 59.3 Å². The van der Waals surface area contributed by atoms with Crippen molar-refractivity contribution in [2.75, 3.05) is 6.54 Å². The number of halogens is 1. The quantitative estimate of drug-likeness (QED) is 0.625. The highest BCUT2D eigenvalue weighted by molar-refractivity contribution is 5.85. The predicted octanol–water partition coefficient (Wildman–Crippen LogP) is 2.61. The molecular formula is C12H16ClN3O2. The van der Waals surface area contributed by atoms with Crippen molar-refractivity contribution in [3.63, 3.8) is 0 Å². The minimum atomic E-state index is -0.364. The van der Waals surface area contributed by atoms with Crippen LogP contribution in [0.3, 0.4) is 0 Å². The van der Waals surface area contributed by atoms with Gasteiger partial charge in [-0.15, -0.1) is 12.4 Å². The standard InChI is InChI=1S/C12H15N3O2.ClH/c16-15(17)10-12-5-1-2-7-14(12)9-11-4-3-6-13-8-11;/h3-4,6,8,10H,1-2,5,7,9H2;1H. The molecule has 18 heavy (non-hydrogen) atoms. The van der Waals surface area contributed by atoms with E-state index in [4.69, 9.17) is 0 Å². The maximum Gasteiger partial charge on any atom is 0.253 e. The summed E-state index contributed by atoms with van der Waals surface area (Å²) in [7, 11) is 0. The molecule has 5 nitrogen and oxygen atoms in total. The minimum absolute atomic E-state index is 0. The minimum Gasteiger partial charge on any atom is -0.365 e. The smallest absolute Gasteiger partial charge is 0.253 e. The molecule has 1 aromatic heterocycles. The van der Waals surface area contributed by atoms with Crippen LogP contribution in [-0.2, 0) is 6.54 Å². The molecular weight excluding hydrogens is 254 g/mol. The summed E-state index contributed by atoms with van der Waals surface area (Å²) >= 11 is 0. The SMILES string of the molecule is Cl.O=[N+]([O-])C=C1CCCCN1Cc1cccnc1. The van der Waals surface area contributed by atoms with Crippen LogP contribution in [0.2, 0.25) is 0 Å². The second-order valence-corrected chi connectivity index (χ2v) is 4.15. The molecule has 0 aliphatic carbocycles. The van der Waals surface area contributed by atoms with Gasteiger partial charge in [0.2, 0.25) is 0 Å². The summed E-state index contributed by atoms with van der Waals surface area (Å²) < 4.78 is 0. The number of hydrogen-bond acceptors (Lipinski definition) is 4. The van der Waals surface area contributed by atoms with Crippen LogP contribution in [0.15, 0.2) is 36.4 Å². The van der Waals surface area contributed by atoms with E-state index in [2.05, 4.69) is 9.88 Å². The Kier molecular flexibility index (Phi) is 5.58. The highest BCUT2D eigenvalue weighted by atomic mass is 35.5. The van der Waals surface area contributed by atoms with Gasteiger partial charge in [-0.05, 0) is 30.9 Å². The molecule has 0 aromatic carbocycles. The molecule has 0 unspecified atom stereocenters. The van der Waals surface area contributed by atoms with Gasteiger partial charge in [-0.2, -0.15) is 0 Å². The molecule has 6 heteroatoms. The maximum atomic E-state index is 10.6. The monoisotopic (exact) mass is 269 g/mol. The van der Waals surface area contributed by atoms with E-state index in [1.807, 2.05) is 12.1 Å². The van der Waals surface area contributed by atoms with Crippen LogP contribution in [0.4, 0.5) is 0 Å². The second kappa shape index (κ2) is 6.96. The molecule has 1 aromatic rings. The van der Waals surface area contributed by atoms with Crippen molar-refractivity contribution < 1.29 is 4.92 Å². The summed E-state index contributed by atoms with van der Waals surface area (Å²) in [6.07, 6.45) is 7.58. The fourth-order valence-corrected chi connectivity index (χ4v) is 2.07. The third kappa shape index (κ3) is 4.00. The average Bonchev–Trinajstić information content (AvgIpc) is 2.32. The van der Waals surface area contributed by atoms with E-state index < -0.39 is 0 Å². The zero-order valence-corrected chi connectivity index (χ0v) is 10.8. The number of likely N-dealkylation sites (tertiary alicyclic amines) is 1. The van der Waals surface area contributed by atoms with Crippen molar-refractivity contribution in [3.8, 4) is 0 Å². The lowest BCUT2D eigenvalue weighted by molar-refractivity contribution is -0.404. The molecule has 2 rings (SSSR count). The van der Waals surface area contributed by atoms with Gasteiger partial charge in [-0.25, -0.2) is 0 Å². The second-order valence-electron chi connectivity index (χ2n) is 4.15. The first-order valence-electron chi connectivity index (χ1n) is 5.74. The summed E-state index contributed by atoms with van der Waals surface area (Å²) in [6, 6.07) is 3.88. The number of nitrogens with zero attached hydrogens (tertiary/aromatic N) is 3. The molecule has 2 heterocycles. The highest BCUT2D eigenvalue weighted by Crippen LogP contribution is 2.22. The summed E-state index contributed by atoms with van der Waals surface area (Å²) in [5.74, 6) is 0. The number of aromatic nitrogens is 1. The van der Waals surface area contributed by atoms with Crippen molar-refractivity contribution in [1.29, 1.82) is 0 Å². The summed E-state index contributed by atoms with van der Waals surface area (Å²) in [5.41, 5.74) is 1.91. The van der Waals surface area contributed by atoms with Crippen LogP contribution in [0.25, 0.3) is 0 Å². The van der Waals surface area contributed by atoms with Crippen LogP contribution < -0.4 is 0 Å². The van der Waals surface area contributed by atoms with E-state index in [0.717, 1.165) is 43.3 Å². The Labute approximate surface area is 112 Å². The molecule has 1 aliphatic rings. The van der Waals surface area contributed by atoms with E-state index in [0.29, 0.717) is 6.54 Å². The van der Waals surface area contributed by atoms with Crippen LogP contribution in [0.5, 0.6) is 0 Å². The Morgan fingerprint density at radius 2 is 2.33 bits per heavy atom. The molecule has 0 N–H and O–H groups in total. The van der Waals surface area contributed by atoms with Gasteiger partial charge in [0.25, 0.3) is 6.20 Å². The Balaban J connectivity index is 0.00000162. The summed E-state index contributed by atoms with van der Waals surface area (Å²) in [6.45, 7) is 1.59. The lowest BCUT2D eigenvalue weighted by Crippen LogP contribution is -2.28. The molecule has 1 saturated heterocycles. The van der Waals surface area contributed by atoms with E-state index in [1.54, 1.807) is 12.4 Å². The number of nitro groups is 1. The van der Waals surface area contributed by atoms with Gasteiger partial charge in [-0.1, -0.05) is 6.07 Å². The molecule has 0 saturated carbocycles. The number of piperidine rings is 1. The Morgan fingerprint density at radius 3 is 3.00 bits per heavy atom. The third-order valence-electron chi connectivity index (χ3n) is 2.87. The largest absolute Gasteiger partial charge is 0.365 e. The van der Waals surface area contributed by atoms with Gasteiger partial charge < -0.3 is 4.90 Å². The number of allylic oxidation sites excluding steroid dienone is 1. The van der Waals surface area contributed by atoms with Crippen molar-refractivity contribution in [2.24, 2.45) is 0 Å². The first-order valence-corrected chi connectivity index (χ1v) is 5.74. The fourth-order valence-electron chi connectivity index (χ4n) is 2.07. The molecule has 98 valence electrons. The van der Waals surface area contributed by atoms with Gasteiger partial charge in [0, 0.05) is 25.5 Å². The number of hydrogen-bond donors (Lipinski definition) is 0. The molecule has 1 aliphatic heterocycles. The van der Waals surface area contributed by atoms with Gasteiger partial charge in [0.1, 0.15) is 0 Å². The molecule has 0 amide bonds. The van der Waals surface area contributed by atoms with Crippen molar-refractivity contribution in [1.82, 2.24) is 9.88 Å². The third-order valence-corrected chi connectivity index (χ3v) is 2.87. The number of pyridine rings is 1. The summed E-state index contributed by atoms with van der Waals surface area (Å²) in [5, 5.41) is 10.6. The van der Waals surface area contributed by atoms with Crippen LogP contribution in [-0.4, -0.2) is 21.4 Å². The van der Waals surface area contributed by atoms with Crippen molar-refractivity contribution in [2.45, 2.75) is 25.8 Å². The Bertz CT molecular complexity index is 423. The zero-order chi connectivity index (χ0) is 12.1. The van der Waals surface area contributed by atoms with Gasteiger partial charge in [0.15, 0.2) is 0 Å². The van der Waals surface area contributed by atoms with E-state index in [-0.39, 0.29) is 17.3 Å².